The molecule has 0 aliphatic carbocycles. The van der Waals surface area contributed by atoms with Crippen molar-refractivity contribution in [2.75, 3.05) is 5.32 Å². The van der Waals surface area contributed by atoms with E-state index in [4.69, 9.17) is 23.8 Å². The van der Waals surface area contributed by atoms with Gasteiger partial charge < -0.3 is 10.4 Å². The van der Waals surface area contributed by atoms with Crippen LogP contribution in [0.1, 0.15) is 35.7 Å². The first-order valence-electron chi connectivity index (χ1n) is 7.07. The molecule has 0 saturated carbocycles. The molecule has 2 aromatic rings. The lowest BCUT2D eigenvalue weighted by Crippen LogP contribution is -2.34. The van der Waals surface area contributed by atoms with Gasteiger partial charge in [-0.2, -0.15) is 0 Å². The number of anilines is 1. The predicted molar refractivity (Wildman–Crippen MR) is 97.3 cm³/mol. The third-order valence-corrected chi connectivity index (χ3v) is 3.69. The first-order valence-corrected chi connectivity index (χ1v) is 7.86. The summed E-state index contributed by atoms with van der Waals surface area (Å²) in [4.78, 5) is 12.1. The predicted octanol–water partition coefficient (Wildman–Crippen LogP) is 4.30. The van der Waals surface area contributed by atoms with Gasteiger partial charge in [-0.15, -0.1) is 0 Å². The molecule has 0 spiro atoms. The fourth-order valence-electron chi connectivity index (χ4n) is 1.97. The molecule has 0 aromatic heterocycles. The van der Waals surface area contributed by atoms with Crippen molar-refractivity contribution in [3.05, 3.63) is 58.6 Å². The SMILES string of the molecule is CC(C)c1ccc(O)c(NC(=S)NC(=O)c2cccc(Cl)c2)c1. The Morgan fingerprint density at radius 3 is 2.61 bits per heavy atom. The highest BCUT2D eigenvalue weighted by atomic mass is 35.5. The number of thiocarbonyl (C=S) groups is 1. The van der Waals surface area contributed by atoms with Gasteiger partial charge in [0, 0.05) is 10.6 Å². The van der Waals surface area contributed by atoms with Gasteiger partial charge in [-0.25, -0.2) is 0 Å². The Morgan fingerprint density at radius 2 is 1.96 bits per heavy atom. The zero-order chi connectivity index (χ0) is 17.0. The Kier molecular flexibility index (Phi) is 5.58. The van der Waals surface area contributed by atoms with E-state index in [1.807, 2.05) is 6.07 Å². The quantitative estimate of drug-likeness (QED) is 0.572. The number of rotatable bonds is 3. The number of hydrogen-bond acceptors (Lipinski definition) is 3. The highest BCUT2D eigenvalue weighted by Gasteiger charge is 2.11. The van der Waals surface area contributed by atoms with Crippen LogP contribution in [0.15, 0.2) is 42.5 Å². The molecule has 0 heterocycles. The van der Waals surface area contributed by atoms with E-state index in [0.29, 0.717) is 22.2 Å². The molecule has 0 saturated heterocycles. The summed E-state index contributed by atoms with van der Waals surface area (Å²) in [6, 6.07) is 11.8. The number of phenolic OH excluding ortho intramolecular Hbond substituents is 1. The summed E-state index contributed by atoms with van der Waals surface area (Å²) in [6.45, 7) is 4.10. The van der Waals surface area contributed by atoms with Crippen LogP contribution in [0.2, 0.25) is 5.02 Å². The van der Waals surface area contributed by atoms with Crippen LogP contribution in [-0.4, -0.2) is 16.1 Å². The number of phenols is 1. The lowest BCUT2D eigenvalue weighted by atomic mass is 10.0. The van der Waals surface area contributed by atoms with Crippen molar-refractivity contribution >= 4 is 40.5 Å². The van der Waals surface area contributed by atoms with Crippen LogP contribution in [0.25, 0.3) is 0 Å². The number of halogens is 1. The van der Waals surface area contributed by atoms with Gasteiger partial charge in [0.2, 0.25) is 0 Å². The molecule has 6 heteroatoms. The first-order chi connectivity index (χ1) is 10.9. The second kappa shape index (κ2) is 7.44. The maximum Gasteiger partial charge on any atom is 0.257 e. The van der Waals surface area contributed by atoms with Crippen LogP contribution in [-0.2, 0) is 0 Å². The van der Waals surface area contributed by atoms with E-state index < -0.39 is 0 Å². The Bertz CT molecular complexity index is 747. The van der Waals surface area contributed by atoms with E-state index in [0.717, 1.165) is 5.56 Å². The van der Waals surface area contributed by atoms with E-state index in [-0.39, 0.29) is 16.8 Å². The Labute approximate surface area is 145 Å². The van der Waals surface area contributed by atoms with Gasteiger partial charge in [-0.1, -0.05) is 37.6 Å². The molecule has 0 radical (unpaired) electrons. The molecule has 0 aliphatic heterocycles. The average Bonchev–Trinajstić information content (AvgIpc) is 2.49. The van der Waals surface area contributed by atoms with Crippen LogP contribution < -0.4 is 10.6 Å². The molecule has 120 valence electrons. The van der Waals surface area contributed by atoms with E-state index >= 15 is 0 Å². The molecule has 0 atom stereocenters. The van der Waals surface area contributed by atoms with Crippen molar-refractivity contribution in [1.82, 2.24) is 5.32 Å². The van der Waals surface area contributed by atoms with Crippen LogP contribution in [0, 0.1) is 0 Å². The average molecular weight is 349 g/mol. The van der Waals surface area contributed by atoms with Gasteiger partial charge in [-0.05, 0) is 54.0 Å². The molecule has 0 fully saturated rings. The van der Waals surface area contributed by atoms with Crippen molar-refractivity contribution in [3.63, 3.8) is 0 Å². The van der Waals surface area contributed by atoms with Crippen LogP contribution in [0.3, 0.4) is 0 Å². The molecule has 0 bridgehead atoms. The van der Waals surface area contributed by atoms with Gasteiger partial charge >= 0.3 is 0 Å². The normalized spacial score (nSPS) is 10.4. The minimum Gasteiger partial charge on any atom is -0.506 e. The van der Waals surface area contributed by atoms with Crippen molar-refractivity contribution in [2.45, 2.75) is 19.8 Å². The van der Waals surface area contributed by atoms with Crippen molar-refractivity contribution < 1.29 is 9.90 Å². The smallest absolute Gasteiger partial charge is 0.257 e. The summed E-state index contributed by atoms with van der Waals surface area (Å²) in [5.74, 6) is 0.00373. The minimum absolute atomic E-state index is 0.0637. The molecule has 1 amide bonds. The monoisotopic (exact) mass is 348 g/mol. The van der Waals surface area contributed by atoms with Gasteiger partial charge in [0.1, 0.15) is 5.75 Å². The highest BCUT2D eigenvalue weighted by Crippen LogP contribution is 2.27. The third-order valence-electron chi connectivity index (χ3n) is 3.25. The maximum absolute atomic E-state index is 12.1. The molecule has 4 nitrogen and oxygen atoms in total. The third kappa shape index (κ3) is 4.68. The number of hydrogen-bond donors (Lipinski definition) is 3. The zero-order valence-corrected chi connectivity index (χ0v) is 14.3. The molecular formula is C17H17ClN2O2S. The Hall–Kier alpha value is -2.11. The first kappa shape index (κ1) is 17.2. The second-order valence-corrected chi connectivity index (χ2v) is 6.19. The maximum atomic E-state index is 12.1. The standard InChI is InChI=1S/C17H17ClN2O2S/c1-10(2)11-6-7-15(21)14(9-11)19-17(23)20-16(22)12-4-3-5-13(18)8-12/h3-10,21H,1-2H3,(H2,19,20,22,23). The van der Waals surface area contributed by atoms with Crippen LogP contribution >= 0.6 is 23.8 Å². The largest absolute Gasteiger partial charge is 0.506 e. The van der Waals surface area contributed by atoms with Crippen molar-refractivity contribution in [1.29, 1.82) is 0 Å². The van der Waals surface area contributed by atoms with Crippen molar-refractivity contribution in [3.8, 4) is 5.75 Å². The van der Waals surface area contributed by atoms with Gasteiger partial charge in [0.05, 0.1) is 5.69 Å². The number of carbonyl (C=O) groups excluding carboxylic acids is 1. The minimum atomic E-state index is -0.371. The highest BCUT2D eigenvalue weighted by molar-refractivity contribution is 7.80. The summed E-state index contributed by atoms with van der Waals surface area (Å²) in [6.07, 6.45) is 0. The molecule has 2 rings (SSSR count). The van der Waals surface area contributed by atoms with Gasteiger partial charge in [-0.3, -0.25) is 10.1 Å². The fourth-order valence-corrected chi connectivity index (χ4v) is 2.36. The van der Waals surface area contributed by atoms with E-state index in [1.54, 1.807) is 36.4 Å². The number of nitrogens with one attached hydrogen (secondary N) is 2. The van der Waals surface area contributed by atoms with Crippen LogP contribution in [0.4, 0.5) is 5.69 Å². The summed E-state index contributed by atoms with van der Waals surface area (Å²) in [5.41, 5.74) is 1.91. The van der Waals surface area contributed by atoms with Gasteiger partial charge in [0.15, 0.2) is 5.11 Å². The number of benzene rings is 2. The zero-order valence-electron chi connectivity index (χ0n) is 12.8. The van der Waals surface area contributed by atoms with E-state index in [2.05, 4.69) is 24.5 Å². The Morgan fingerprint density at radius 1 is 1.22 bits per heavy atom. The number of aromatic hydroxyl groups is 1. The summed E-state index contributed by atoms with van der Waals surface area (Å²) in [7, 11) is 0. The molecule has 2 aromatic carbocycles. The van der Waals surface area contributed by atoms with Crippen molar-refractivity contribution in [2.24, 2.45) is 0 Å². The second-order valence-electron chi connectivity index (χ2n) is 5.35. The Balaban J connectivity index is 2.08. The topological polar surface area (TPSA) is 61.4 Å². The summed E-state index contributed by atoms with van der Waals surface area (Å²) < 4.78 is 0. The van der Waals surface area contributed by atoms with E-state index in [9.17, 15) is 9.90 Å². The molecule has 23 heavy (non-hydrogen) atoms. The number of amides is 1. The molecule has 0 aliphatic rings. The summed E-state index contributed by atoms with van der Waals surface area (Å²) in [5, 5.41) is 15.9. The molecule has 3 N–H and O–H groups in total. The van der Waals surface area contributed by atoms with E-state index in [1.165, 1.54) is 0 Å². The van der Waals surface area contributed by atoms with Gasteiger partial charge in [0.25, 0.3) is 5.91 Å². The summed E-state index contributed by atoms with van der Waals surface area (Å²) >= 11 is 11.0. The fraction of sp³-hybridized carbons (Fsp3) is 0.176. The lowest BCUT2D eigenvalue weighted by molar-refractivity contribution is 0.0977. The molecular weight excluding hydrogens is 332 g/mol. The molecule has 0 unspecified atom stereocenters. The lowest BCUT2D eigenvalue weighted by Gasteiger charge is -2.13. The number of carbonyl (C=O) groups is 1. The van der Waals surface area contributed by atoms with Crippen LogP contribution in [0.5, 0.6) is 5.75 Å².